The maximum absolute atomic E-state index is 12.8. The first-order chi connectivity index (χ1) is 12.0. The number of benzene rings is 2. The van der Waals surface area contributed by atoms with Crippen molar-refractivity contribution in [3.63, 3.8) is 0 Å². The van der Waals surface area contributed by atoms with Crippen LogP contribution in [0, 0.1) is 36.0 Å². The van der Waals surface area contributed by atoms with Gasteiger partial charge >= 0.3 is 0 Å². The molecule has 0 aliphatic heterocycles. The van der Waals surface area contributed by atoms with E-state index in [1.165, 1.54) is 12.1 Å². The van der Waals surface area contributed by atoms with E-state index in [1.807, 2.05) is 0 Å². The van der Waals surface area contributed by atoms with Crippen molar-refractivity contribution >= 4 is 5.97 Å². The molecule has 0 bridgehead atoms. The minimum absolute atomic E-state index is 0. The molecule has 0 saturated carbocycles. The number of carboxylic acid groups (broad SMARTS) is 1. The molecule has 0 aliphatic carbocycles. The predicted octanol–water partition coefficient (Wildman–Crippen LogP) is -0.945. The second-order valence-corrected chi connectivity index (χ2v) is 4.95. The Balaban J connectivity index is 0. The average Bonchev–Trinajstić information content (AvgIpc) is 2.46. The Hall–Kier alpha value is -2.23. The molecule has 2 rings (SSSR count). The molecule has 4 nitrogen and oxygen atoms in total. The fourth-order valence-electron chi connectivity index (χ4n) is 1.69. The van der Waals surface area contributed by atoms with Gasteiger partial charge in [-0.25, -0.2) is 22.0 Å². The van der Waals surface area contributed by atoms with Gasteiger partial charge in [-0.2, -0.15) is 0 Å². The summed E-state index contributed by atoms with van der Waals surface area (Å²) in [6.45, 7) is 2.24. The van der Waals surface area contributed by atoms with Gasteiger partial charge in [0.15, 0.2) is 0 Å². The van der Waals surface area contributed by atoms with Crippen LogP contribution in [0.3, 0.4) is 0 Å². The van der Waals surface area contributed by atoms with Crippen molar-refractivity contribution in [3.05, 3.63) is 70.0 Å². The Morgan fingerprint density at radius 1 is 0.852 bits per heavy atom. The van der Waals surface area contributed by atoms with E-state index in [-0.39, 0.29) is 36.6 Å². The van der Waals surface area contributed by atoms with Crippen molar-refractivity contribution in [3.8, 4) is 0 Å². The number of carbonyl (C=O) groups excluding carboxylic acids is 1. The first kappa shape index (κ1) is 27.0. The Kier molecular flexibility index (Phi) is 13.0. The molecule has 27 heavy (non-hydrogen) atoms. The average molecular weight is 413 g/mol. The fraction of sp³-hybridized carbons (Fsp3) is 0.235. The second-order valence-electron chi connectivity index (χ2n) is 4.95. The maximum atomic E-state index is 12.8. The lowest BCUT2D eigenvalue weighted by Crippen LogP contribution is -3.00. The molecule has 0 atom stereocenters. The molecule has 0 heterocycles. The number of rotatable bonds is 2. The van der Waals surface area contributed by atoms with Gasteiger partial charge in [0.05, 0.1) is 0 Å². The van der Waals surface area contributed by atoms with Gasteiger partial charge in [-0.3, -0.25) is 0 Å². The summed E-state index contributed by atoms with van der Waals surface area (Å²) < 4.78 is 62.9. The highest BCUT2D eigenvalue weighted by molar-refractivity contribution is 5.60. The molecule has 0 aliphatic rings. The van der Waals surface area contributed by atoms with Crippen molar-refractivity contribution < 1.29 is 44.3 Å². The number of nitrogens with two attached hydrogens (primary N) is 2. The molecule has 2 aromatic carbocycles. The lowest BCUT2D eigenvalue weighted by molar-refractivity contribution is -0.302. The largest absolute Gasteiger partial charge is 1.00 e. The van der Waals surface area contributed by atoms with E-state index in [9.17, 15) is 22.0 Å². The number of hydrogen-bond donors (Lipinski definition) is 2. The van der Waals surface area contributed by atoms with E-state index < -0.39 is 35.1 Å². The molecule has 0 unspecified atom stereocenters. The smallest absolute Gasteiger partial charge is 0.133 e. The van der Waals surface area contributed by atoms with E-state index >= 15 is 0 Å². The molecule has 0 amide bonds. The van der Waals surface area contributed by atoms with Crippen LogP contribution in [0.4, 0.5) is 22.0 Å². The van der Waals surface area contributed by atoms with Crippen LogP contribution in [0.2, 0.25) is 0 Å². The van der Waals surface area contributed by atoms with E-state index in [1.54, 1.807) is 6.92 Å². The summed E-state index contributed by atoms with van der Waals surface area (Å²) in [5.41, 5.74) is 10.4. The van der Waals surface area contributed by atoms with E-state index in [4.69, 9.17) is 21.4 Å². The third-order valence-electron chi connectivity index (χ3n) is 2.80. The standard InChI is InChI=1S/C8H9F2N.C7H6F3N.C2H4O2.ClH/c1-5-2-7(9)6(4-11)8(10)3-5;8-4-1-6(9)5(3-11)7(10)2-4;1-2(3)4;/h2-3H,4,11H2,1H3;1-2H,3,11H2;1H3,(H,3,4);1H/p-2. The van der Waals surface area contributed by atoms with Crippen LogP contribution in [-0.2, 0) is 17.9 Å². The topological polar surface area (TPSA) is 92.2 Å². The van der Waals surface area contributed by atoms with Gasteiger partial charge in [-0.1, -0.05) is 0 Å². The van der Waals surface area contributed by atoms with Crippen molar-refractivity contribution in [2.45, 2.75) is 26.9 Å². The molecule has 0 radical (unpaired) electrons. The summed E-state index contributed by atoms with van der Waals surface area (Å²) in [4.78, 5) is 8.89. The van der Waals surface area contributed by atoms with Crippen molar-refractivity contribution in [1.82, 2.24) is 0 Å². The minimum atomic E-state index is -1.08. The summed E-state index contributed by atoms with van der Waals surface area (Å²) in [5.74, 6) is -5.03. The molecule has 4 N–H and O–H groups in total. The summed E-state index contributed by atoms with van der Waals surface area (Å²) in [7, 11) is 0. The van der Waals surface area contributed by atoms with Crippen LogP contribution in [0.1, 0.15) is 23.6 Å². The summed E-state index contributed by atoms with van der Waals surface area (Å²) >= 11 is 0. The van der Waals surface area contributed by atoms with Crippen molar-refractivity contribution in [1.29, 1.82) is 0 Å². The molecule has 0 saturated heterocycles. The van der Waals surface area contributed by atoms with E-state index in [0.717, 1.165) is 6.92 Å². The van der Waals surface area contributed by atoms with Crippen LogP contribution >= 0.6 is 0 Å². The molecular weight excluding hydrogens is 395 g/mol. The van der Waals surface area contributed by atoms with Crippen LogP contribution in [0.5, 0.6) is 0 Å². The Morgan fingerprint density at radius 2 is 1.11 bits per heavy atom. The van der Waals surface area contributed by atoms with Gasteiger partial charge in [0, 0.05) is 42.3 Å². The second kappa shape index (κ2) is 13.0. The number of hydrogen-bond acceptors (Lipinski definition) is 4. The summed E-state index contributed by atoms with van der Waals surface area (Å²) in [5, 5.41) is 8.89. The van der Waals surface area contributed by atoms with Crippen LogP contribution < -0.4 is 29.0 Å². The highest BCUT2D eigenvalue weighted by Crippen LogP contribution is 2.14. The first-order valence-corrected chi connectivity index (χ1v) is 7.19. The molecular formula is C17H18ClF5N2O2-2. The summed E-state index contributed by atoms with van der Waals surface area (Å²) in [6, 6.07) is 3.74. The molecule has 10 heteroatoms. The van der Waals surface area contributed by atoms with Gasteiger partial charge in [-0.05, 0) is 31.5 Å². The highest BCUT2D eigenvalue weighted by atomic mass is 35.5. The Morgan fingerprint density at radius 3 is 1.37 bits per heavy atom. The van der Waals surface area contributed by atoms with Crippen LogP contribution in [0.15, 0.2) is 24.3 Å². The number of carbonyl (C=O) groups is 1. The molecule has 2 aromatic rings. The van der Waals surface area contributed by atoms with Gasteiger partial charge in [0.1, 0.15) is 29.1 Å². The fourth-order valence-corrected chi connectivity index (χ4v) is 1.69. The van der Waals surface area contributed by atoms with Gasteiger partial charge in [0.2, 0.25) is 0 Å². The molecule has 0 aromatic heterocycles. The molecule has 0 fully saturated rings. The minimum Gasteiger partial charge on any atom is -1.00 e. The predicted molar refractivity (Wildman–Crippen MR) is 83.9 cm³/mol. The van der Waals surface area contributed by atoms with Crippen LogP contribution in [0.25, 0.3) is 0 Å². The van der Waals surface area contributed by atoms with Crippen molar-refractivity contribution in [2.75, 3.05) is 0 Å². The van der Waals surface area contributed by atoms with E-state index in [0.29, 0.717) is 17.7 Å². The third kappa shape index (κ3) is 9.88. The first-order valence-electron chi connectivity index (χ1n) is 7.19. The van der Waals surface area contributed by atoms with Gasteiger partial charge < -0.3 is 33.8 Å². The van der Waals surface area contributed by atoms with Gasteiger partial charge in [-0.15, -0.1) is 0 Å². The third-order valence-corrected chi connectivity index (χ3v) is 2.80. The Bertz CT molecular complexity index is 653. The number of aryl methyl sites for hydroxylation is 1. The van der Waals surface area contributed by atoms with Crippen LogP contribution in [-0.4, -0.2) is 5.97 Å². The zero-order valence-corrected chi connectivity index (χ0v) is 15.2. The SMILES string of the molecule is CC(=O)[O-].Cc1cc(F)c(CN)c(F)c1.NCc1c(F)cc(F)cc1F.[Cl-]. The lowest BCUT2D eigenvalue weighted by atomic mass is 10.1. The number of carboxylic acids is 1. The zero-order valence-electron chi connectivity index (χ0n) is 14.5. The maximum Gasteiger partial charge on any atom is 0.133 e. The zero-order chi connectivity index (χ0) is 20.4. The number of halogens is 6. The van der Waals surface area contributed by atoms with Crippen molar-refractivity contribution in [2.24, 2.45) is 11.5 Å². The quantitative estimate of drug-likeness (QED) is 0.622. The summed E-state index contributed by atoms with van der Waals surface area (Å²) in [6.07, 6.45) is 0. The molecule has 0 spiro atoms. The van der Waals surface area contributed by atoms with Gasteiger partial charge in [0.25, 0.3) is 0 Å². The van der Waals surface area contributed by atoms with E-state index in [2.05, 4.69) is 0 Å². The monoisotopic (exact) mass is 412 g/mol. The highest BCUT2D eigenvalue weighted by Gasteiger charge is 2.08. The number of aliphatic carboxylic acids is 1. The normalized spacial score (nSPS) is 9.22. The lowest BCUT2D eigenvalue weighted by Gasteiger charge is -2.01. The molecule has 152 valence electrons. The Labute approximate surface area is 159 Å².